The van der Waals surface area contributed by atoms with E-state index in [2.05, 4.69) is 15.2 Å². The van der Waals surface area contributed by atoms with Crippen molar-refractivity contribution in [1.82, 2.24) is 15.2 Å². The molecule has 0 aliphatic carbocycles. The van der Waals surface area contributed by atoms with Crippen LogP contribution in [0.4, 0.5) is 0 Å². The minimum atomic E-state index is -0.0726. The van der Waals surface area contributed by atoms with Crippen molar-refractivity contribution in [1.29, 1.82) is 0 Å². The van der Waals surface area contributed by atoms with Crippen LogP contribution >= 0.6 is 22.9 Å². The monoisotopic (exact) mass is 365 g/mol. The molecule has 7 heteroatoms. The van der Waals surface area contributed by atoms with Gasteiger partial charge in [-0.25, -0.2) is 4.98 Å². The first-order valence-corrected chi connectivity index (χ1v) is 9.15. The van der Waals surface area contributed by atoms with E-state index in [0.717, 1.165) is 49.1 Å². The molecule has 1 fully saturated rings. The number of thiazole rings is 1. The second kappa shape index (κ2) is 8.07. The number of aryl methyl sites for hydroxylation is 1. The third-order valence-corrected chi connectivity index (χ3v) is 5.44. The van der Waals surface area contributed by atoms with E-state index < -0.39 is 0 Å². The minimum absolute atomic E-state index is 0.0726. The van der Waals surface area contributed by atoms with Crippen molar-refractivity contribution in [2.24, 2.45) is 0 Å². The van der Waals surface area contributed by atoms with Crippen molar-refractivity contribution in [3.8, 4) is 10.6 Å². The first kappa shape index (κ1) is 17.4. The van der Waals surface area contributed by atoms with Gasteiger partial charge in [-0.15, -0.1) is 11.3 Å². The Hall–Kier alpha value is -1.47. The Morgan fingerprint density at radius 2 is 2.12 bits per heavy atom. The summed E-state index contributed by atoms with van der Waals surface area (Å²) in [5, 5.41) is 4.40. The largest absolute Gasteiger partial charge is 0.379 e. The van der Waals surface area contributed by atoms with Crippen LogP contribution in [0.1, 0.15) is 15.4 Å². The number of benzene rings is 1. The lowest BCUT2D eigenvalue weighted by atomic mass is 10.2. The fourth-order valence-electron chi connectivity index (χ4n) is 2.59. The molecule has 1 N–H and O–H groups in total. The quantitative estimate of drug-likeness (QED) is 0.885. The molecular weight excluding hydrogens is 346 g/mol. The van der Waals surface area contributed by atoms with Crippen LogP contribution < -0.4 is 5.32 Å². The third kappa shape index (κ3) is 4.13. The number of hydrogen-bond acceptors (Lipinski definition) is 5. The number of carbonyl (C=O) groups excluding carboxylic acids is 1. The van der Waals surface area contributed by atoms with Gasteiger partial charge in [-0.3, -0.25) is 9.69 Å². The Balaban J connectivity index is 1.62. The molecule has 1 aliphatic rings. The number of morpholine rings is 1. The topological polar surface area (TPSA) is 54.5 Å². The van der Waals surface area contributed by atoms with Crippen LogP contribution in [0.5, 0.6) is 0 Å². The summed E-state index contributed by atoms with van der Waals surface area (Å²) >= 11 is 7.60. The summed E-state index contributed by atoms with van der Waals surface area (Å²) in [5.41, 5.74) is 1.60. The summed E-state index contributed by atoms with van der Waals surface area (Å²) in [4.78, 5) is 19.9. The van der Waals surface area contributed by atoms with Gasteiger partial charge in [-0.05, 0) is 13.0 Å². The number of carbonyl (C=O) groups is 1. The standard InChI is InChI=1S/C17H20ClN3O2S/c1-12-15(16(22)19-6-7-21-8-10-23-11-9-21)24-17(20-12)13-4-2-3-5-14(13)18/h2-5H,6-11H2,1H3,(H,19,22). The van der Waals surface area contributed by atoms with Gasteiger partial charge < -0.3 is 10.1 Å². The number of ether oxygens (including phenoxy) is 1. The first-order chi connectivity index (χ1) is 11.6. The van der Waals surface area contributed by atoms with Gasteiger partial charge in [0.1, 0.15) is 9.88 Å². The zero-order valence-corrected chi connectivity index (χ0v) is 15.1. The van der Waals surface area contributed by atoms with Crippen LogP contribution in [-0.4, -0.2) is 55.2 Å². The van der Waals surface area contributed by atoms with E-state index in [9.17, 15) is 4.79 Å². The van der Waals surface area contributed by atoms with E-state index in [0.29, 0.717) is 16.4 Å². The highest BCUT2D eigenvalue weighted by Gasteiger charge is 2.17. The predicted octanol–water partition coefficient (Wildman–Crippen LogP) is 2.83. The highest BCUT2D eigenvalue weighted by molar-refractivity contribution is 7.17. The number of hydrogen-bond donors (Lipinski definition) is 1. The maximum absolute atomic E-state index is 12.4. The first-order valence-electron chi connectivity index (χ1n) is 7.96. The molecule has 0 atom stereocenters. The number of aromatic nitrogens is 1. The summed E-state index contributed by atoms with van der Waals surface area (Å²) < 4.78 is 5.32. The molecule has 1 amide bonds. The van der Waals surface area contributed by atoms with Crippen LogP contribution in [0, 0.1) is 6.92 Å². The Bertz CT molecular complexity index is 714. The lowest BCUT2D eigenvalue weighted by molar-refractivity contribution is 0.0383. The molecule has 1 aromatic heterocycles. The molecule has 0 radical (unpaired) electrons. The summed E-state index contributed by atoms with van der Waals surface area (Å²) in [5.74, 6) is -0.0726. The average molecular weight is 366 g/mol. The molecule has 1 saturated heterocycles. The molecule has 1 aromatic carbocycles. The van der Waals surface area contributed by atoms with Gasteiger partial charge in [0.2, 0.25) is 0 Å². The molecule has 2 aromatic rings. The van der Waals surface area contributed by atoms with Gasteiger partial charge >= 0.3 is 0 Å². The molecule has 3 rings (SSSR count). The van der Waals surface area contributed by atoms with Gasteiger partial charge in [-0.1, -0.05) is 29.8 Å². The molecule has 128 valence electrons. The number of rotatable bonds is 5. The van der Waals surface area contributed by atoms with Crippen molar-refractivity contribution in [3.63, 3.8) is 0 Å². The second-order valence-electron chi connectivity index (χ2n) is 5.62. The normalized spacial score (nSPS) is 15.4. The van der Waals surface area contributed by atoms with E-state index in [1.807, 2.05) is 31.2 Å². The van der Waals surface area contributed by atoms with Gasteiger partial charge in [0.25, 0.3) is 5.91 Å². The van der Waals surface area contributed by atoms with Crippen LogP contribution in [0.15, 0.2) is 24.3 Å². The summed E-state index contributed by atoms with van der Waals surface area (Å²) in [6, 6.07) is 7.54. The van der Waals surface area contributed by atoms with E-state index in [1.54, 1.807) is 0 Å². The average Bonchev–Trinajstić information content (AvgIpc) is 2.98. The Morgan fingerprint density at radius 1 is 1.38 bits per heavy atom. The molecule has 0 spiro atoms. The van der Waals surface area contributed by atoms with Crippen molar-refractivity contribution in [2.45, 2.75) is 6.92 Å². The van der Waals surface area contributed by atoms with Gasteiger partial charge in [0.15, 0.2) is 0 Å². The molecule has 0 bridgehead atoms. The minimum Gasteiger partial charge on any atom is -0.379 e. The zero-order chi connectivity index (χ0) is 16.9. The van der Waals surface area contributed by atoms with Crippen LogP contribution in [0.2, 0.25) is 5.02 Å². The summed E-state index contributed by atoms with van der Waals surface area (Å²) in [6.45, 7) is 6.69. The zero-order valence-electron chi connectivity index (χ0n) is 13.5. The maximum Gasteiger partial charge on any atom is 0.263 e. The molecular formula is C17H20ClN3O2S. The van der Waals surface area contributed by atoms with E-state index in [-0.39, 0.29) is 5.91 Å². The summed E-state index contributed by atoms with van der Waals surface area (Å²) in [7, 11) is 0. The molecule has 24 heavy (non-hydrogen) atoms. The molecule has 0 unspecified atom stereocenters. The number of halogens is 1. The van der Waals surface area contributed by atoms with Crippen LogP contribution in [-0.2, 0) is 4.74 Å². The van der Waals surface area contributed by atoms with Crippen molar-refractivity contribution < 1.29 is 9.53 Å². The van der Waals surface area contributed by atoms with Crippen molar-refractivity contribution in [2.75, 3.05) is 39.4 Å². The number of amides is 1. The van der Waals surface area contributed by atoms with Gasteiger partial charge in [0.05, 0.1) is 23.9 Å². The van der Waals surface area contributed by atoms with Crippen molar-refractivity contribution >= 4 is 28.8 Å². The Morgan fingerprint density at radius 3 is 2.88 bits per heavy atom. The number of nitrogens with zero attached hydrogens (tertiary/aromatic N) is 2. The third-order valence-electron chi connectivity index (χ3n) is 3.92. The second-order valence-corrected chi connectivity index (χ2v) is 7.03. The Labute approximate surface area is 150 Å². The summed E-state index contributed by atoms with van der Waals surface area (Å²) in [6.07, 6.45) is 0. The highest BCUT2D eigenvalue weighted by atomic mass is 35.5. The maximum atomic E-state index is 12.4. The lowest BCUT2D eigenvalue weighted by Gasteiger charge is -2.26. The van der Waals surface area contributed by atoms with Crippen LogP contribution in [0.25, 0.3) is 10.6 Å². The fraction of sp³-hybridized carbons (Fsp3) is 0.412. The fourth-order valence-corrected chi connectivity index (χ4v) is 3.89. The molecule has 1 aliphatic heterocycles. The molecule has 2 heterocycles. The highest BCUT2D eigenvalue weighted by Crippen LogP contribution is 2.32. The molecule has 5 nitrogen and oxygen atoms in total. The lowest BCUT2D eigenvalue weighted by Crippen LogP contribution is -2.41. The predicted molar refractivity (Wildman–Crippen MR) is 96.9 cm³/mol. The SMILES string of the molecule is Cc1nc(-c2ccccc2Cl)sc1C(=O)NCCN1CCOCC1. The van der Waals surface area contributed by atoms with E-state index in [4.69, 9.17) is 16.3 Å². The van der Waals surface area contributed by atoms with Crippen molar-refractivity contribution in [3.05, 3.63) is 39.9 Å². The number of nitrogens with one attached hydrogen (secondary N) is 1. The van der Waals surface area contributed by atoms with Gasteiger partial charge in [0, 0.05) is 31.7 Å². The van der Waals surface area contributed by atoms with E-state index in [1.165, 1.54) is 11.3 Å². The van der Waals surface area contributed by atoms with Gasteiger partial charge in [-0.2, -0.15) is 0 Å². The van der Waals surface area contributed by atoms with Crippen LogP contribution in [0.3, 0.4) is 0 Å². The van der Waals surface area contributed by atoms with E-state index >= 15 is 0 Å². The Kier molecular flexibility index (Phi) is 5.84. The smallest absolute Gasteiger partial charge is 0.263 e. The molecule has 0 saturated carbocycles.